The fourth-order valence-corrected chi connectivity index (χ4v) is 5.44. The van der Waals surface area contributed by atoms with Crippen LogP contribution in [0.4, 0.5) is 5.82 Å². The van der Waals surface area contributed by atoms with Crippen molar-refractivity contribution in [3.63, 3.8) is 0 Å². The summed E-state index contributed by atoms with van der Waals surface area (Å²) in [6, 6.07) is 3.43. The molecule has 2 atom stereocenters. The van der Waals surface area contributed by atoms with Gasteiger partial charge in [0.05, 0.1) is 12.3 Å². The van der Waals surface area contributed by atoms with Crippen LogP contribution in [0.2, 0.25) is 0 Å². The first-order valence-electron chi connectivity index (χ1n) is 12.9. The molecule has 0 aromatic carbocycles. The maximum atomic E-state index is 12.7. The Morgan fingerprint density at radius 3 is 2.97 bits per heavy atom. The van der Waals surface area contributed by atoms with Gasteiger partial charge in [-0.2, -0.15) is 5.10 Å². The lowest BCUT2D eigenvalue weighted by atomic mass is 9.79. The molecule has 0 spiro atoms. The third-order valence-corrected chi connectivity index (χ3v) is 7.72. The number of fused-ring (bicyclic) bond motifs is 2. The predicted octanol–water partition coefficient (Wildman–Crippen LogP) is 2.66. The fraction of sp³-hybridized carbons (Fsp3) is 0.615. The quantitative estimate of drug-likeness (QED) is 0.411. The van der Waals surface area contributed by atoms with Gasteiger partial charge < -0.3 is 20.5 Å². The van der Waals surface area contributed by atoms with E-state index in [2.05, 4.69) is 33.0 Å². The summed E-state index contributed by atoms with van der Waals surface area (Å²) in [5.41, 5.74) is 4.58. The van der Waals surface area contributed by atoms with Crippen LogP contribution in [0.5, 0.6) is 0 Å². The maximum Gasteiger partial charge on any atom is 0.326 e. The number of pyridine rings is 1. The van der Waals surface area contributed by atoms with E-state index >= 15 is 0 Å². The number of aromatic nitrogens is 3. The molecule has 2 aromatic heterocycles. The van der Waals surface area contributed by atoms with Crippen LogP contribution in [-0.4, -0.2) is 57.5 Å². The first-order valence-corrected chi connectivity index (χ1v) is 12.9. The Morgan fingerprint density at radius 1 is 1.23 bits per heavy atom. The first-order chi connectivity index (χ1) is 17.0. The third kappa shape index (κ3) is 5.83. The van der Waals surface area contributed by atoms with E-state index in [4.69, 9.17) is 9.72 Å². The Labute approximate surface area is 205 Å². The summed E-state index contributed by atoms with van der Waals surface area (Å²) in [6.07, 6.45) is 10.7. The normalized spacial score (nSPS) is 23.8. The molecule has 2 unspecified atom stereocenters. The van der Waals surface area contributed by atoms with Gasteiger partial charge >= 0.3 is 5.97 Å². The Kier molecular flexibility index (Phi) is 7.32. The number of carboxylic acids is 1. The van der Waals surface area contributed by atoms with Crippen molar-refractivity contribution in [2.75, 3.05) is 18.5 Å². The van der Waals surface area contributed by atoms with E-state index in [1.807, 2.05) is 0 Å². The molecule has 1 amide bonds. The molecule has 188 valence electrons. The number of carbonyl (C=O) groups is 2. The van der Waals surface area contributed by atoms with Gasteiger partial charge in [-0.15, -0.1) is 0 Å². The van der Waals surface area contributed by atoms with Crippen LogP contribution in [0.1, 0.15) is 61.0 Å². The van der Waals surface area contributed by atoms with Gasteiger partial charge in [0.15, 0.2) is 0 Å². The number of nitrogens with one attached hydrogen (secondary N) is 3. The number of H-pyrrole nitrogens is 1. The van der Waals surface area contributed by atoms with E-state index in [1.165, 1.54) is 12.0 Å². The van der Waals surface area contributed by atoms with Gasteiger partial charge in [-0.3, -0.25) is 9.89 Å². The van der Waals surface area contributed by atoms with Crippen molar-refractivity contribution in [2.45, 2.75) is 76.4 Å². The summed E-state index contributed by atoms with van der Waals surface area (Å²) in [6.45, 7) is 1.34. The smallest absolute Gasteiger partial charge is 0.326 e. The number of anilines is 1. The van der Waals surface area contributed by atoms with Crippen molar-refractivity contribution in [2.24, 2.45) is 11.8 Å². The van der Waals surface area contributed by atoms with Gasteiger partial charge in [0.1, 0.15) is 11.9 Å². The van der Waals surface area contributed by atoms with Gasteiger partial charge in [0.25, 0.3) is 0 Å². The number of hydrogen-bond donors (Lipinski definition) is 4. The highest BCUT2D eigenvalue weighted by molar-refractivity contribution is 5.85. The lowest BCUT2D eigenvalue weighted by Crippen LogP contribution is -2.45. The van der Waals surface area contributed by atoms with E-state index in [-0.39, 0.29) is 24.3 Å². The van der Waals surface area contributed by atoms with Gasteiger partial charge in [0.2, 0.25) is 5.91 Å². The number of ether oxygens (including phenoxy) is 1. The molecular formula is C26H35N5O4. The van der Waals surface area contributed by atoms with Gasteiger partial charge in [-0.05, 0) is 74.5 Å². The van der Waals surface area contributed by atoms with E-state index < -0.39 is 12.0 Å². The second-order valence-electron chi connectivity index (χ2n) is 10.2. The molecule has 1 fully saturated rings. The van der Waals surface area contributed by atoms with E-state index in [0.717, 1.165) is 67.8 Å². The number of rotatable bonds is 10. The molecule has 9 nitrogen and oxygen atoms in total. The number of amides is 1. The summed E-state index contributed by atoms with van der Waals surface area (Å²) in [5.74, 6) is 0.238. The maximum absolute atomic E-state index is 12.7. The number of aliphatic carboxylic acids is 1. The summed E-state index contributed by atoms with van der Waals surface area (Å²) in [4.78, 5) is 29.1. The third-order valence-electron chi connectivity index (χ3n) is 7.72. The summed E-state index contributed by atoms with van der Waals surface area (Å²) >= 11 is 0. The lowest BCUT2D eigenvalue weighted by Gasteiger charge is -2.35. The van der Waals surface area contributed by atoms with Crippen molar-refractivity contribution >= 4 is 17.7 Å². The minimum atomic E-state index is -1.02. The Bertz CT molecular complexity index is 1050. The van der Waals surface area contributed by atoms with Crippen molar-refractivity contribution < 1.29 is 19.4 Å². The molecule has 5 rings (SSSR count). The standard InChI is InChI=1S/C26H35N5O4/c32-25(18-4-5-19-15-28-31-23(19)14-18)30-22(26(33)34)9-11-35-21-12-16(13-21)3-7-20-8-6-17-2-1-10-27-24(17)29-20/h6,8,15-16,18,21-22H,1-5,7,9-14H2,(H,27,29)(H,28,31)(H,30,32)(H,33,34). The topological polar surface area (TPSA) is 129 Å². The molecule has 35 heavy (non-hydrogen) atoms. The fourth-order valence-electron chi connectivity index (χ4n) is 5.44. The lowest BCUT2D eigenvalue weighted by molar-refractivity contribution is -0.143. The monoisotopic (exact) mass is 481 g/mol. The van der Waals surface area contributed by atoms with Crippen LogP contribution in [-0.2, 0) is 40.0 Å². The van der Waals surface area contributed by atoms with Crippen LogP contribution < -0.4 is 10.6 Å². The van der Waals surface area contributed by atoms with Crippen molar-refractivity contribution in [1.82, 2.24) is 20.5 Å². The zero-order valence-electron chi connectivity index (χ0n) is 20.1. The van der Waals surface area contributed by atoms with Crippen LogP contribution >= 0.6 is 0 Å². The molecule has 3 aliphatic rings. The number of aryl methyl sites for hydroxylation is 3. The number of aromatic amines is 1. The molecule has 3 heterocycles. The number of carboxylic acid groups (broad SMARTS) is 1. The molecule has 1 saturated carbocycles. The molecule has 4 N–H and O–H groups in total. The average molecular weight is 482 g/mol. The summed E-state index contributed by atoms with van der Waals surface area (Å²) < 4.78 is 5.92. The Hall–Kier alpha value is -2.94. The second kappa shape index (κ2) is 10.8. The predicted molar refractivity (Wildman–Crippen MR) is 130 cm³/mol. The summed E-state index contributed by atoms with van der Waals surface area (Å²) in [7, 11) is 0. The average Bonchev–Trinajstić information content (AvgIpc) is 3.31. The van der Waals surface area contributed by atoms with Gasteiger partial charge in [0, 0.05) is 43.3 Å². The van der Waals surface area contributed by atoms with E-state index in [9.17, 15) is 14.7 Å². The minimum Gasteiger partial charge on any atom is -0.480 e. The van der Waals surface area contributed by atoms with Crippen LogP contribution in [0, 0.1) is 11.8 Å². The zero-order chi connectivity index (χ0) is 24.2. The van der Waals surface area contributed by atoms with Crippen LogP contribution in [0.3, 0.4) is 0 Å². The van der Waals surface area contributed by atoms with Crippen molar-refractivity contribution in [1.29, 1.82) is 0 Å². The van der Waals surface area contributed by atoms with Crippen LogP contribution in [0.25, 0.3) is 0 Å². The molecule has 9 heteroatoms. The molecule has 0 saturated heterocycles. The van der Waals surface area contributed by atoms with Crippen molar-refractivity contribution in [3.8, 4) is 0 Å². The van der Waals surface area contributed by atoms with Crippen molar-refractivity contribution in [3.05, 3.63) is 40.8 Å². The first kappa shape index (κ1) is 23.8. The van der Waals surface area contributed by atoms with Gasteiger partial charge in [-0.1, -0.05) is 6.07 Å². The molecule has 0 bridgehead atoms. The highest BCUT2D eigenvalue weighted by atomic mass is 16.5. The Morgan fingerprint density at radius 2 is 2.11 bits per heavy atom. The molecule has 1 aliphatic heterocycles. The molecular weight excluding hydrogens is 446 g/mol. The van der Waals surface area contributed by atoms with E-state index in [0.29, 0.717) is 25.4 Å². The highest BCUT2D eigenvalue weighted by Crippen LogP contribution is 2.34. The number of hydrogen-bond acceptors (Lipinski definition) is 6. The number of nitrogens with zero attached hydrogens (tertiary/aromatic N) is 2. The van der Waals surface area contributed by atoms with E-state index in [1.54, 1.807) is 6.20 Å². The van der Waals surface area contributed by atoms with Crippen LogP contribution in [0.15, 0.2) is 18.3 Å². The SMILES string of the molecule is O=C(NC(CCOC1CC(CCc2ccc3c(n2)NCCC3)C1)C(=O)O)C1CCc2cn[nH]c2C1. The van der Waals surface area contributed by atoms with Gasteiger partial charge in [-0.25, -0.2) is 9.78 Å². The largest absolute Gasteiger partial charge is 0.480 e. The summed E-state index contributed by atoms with van der Waals surface area (Å²) in [5, 5.41) is 22.7. The molecule has 2 aliphatic carbocycles. The number of carbonyl (C=O) groups excluding carboxylic acids is 1. The molecule has 2 aromatic rings. The zero-order valence-corrected chi connectivity index (χ0v) is 20.1. The Balaban J connectivity index is 0.993. The minimum absolute atomic E-state index is 0.181. The highest BCUT2D eigenvalue weighted by Gasteiger charge is 2.32. The molecule has 0 radical (unpaired) electrons. The second-order valence-corrected chi connectivity index (χ2v) is 10.2.